The number of cyclic esters (lactones) is 1. The van der Waals surface area contributed by atoms with Crippen molar-refractivity contribution in [3.63, 3.8) is 0 Å². The number of ketones is 1. The van der Waals surface area contributed by atoms with E-state index in [0.29, 0.717) is 57.3 Å². The number of hydrogen-bond acceptors (Lipinski definition) is 27. The summed E-state index contributed by atoms with van der Waals surface area (Å²) in [5.41, 5.74) is -2.42. The molecule has 0 aromatic carbocycles. The van der Waals surface area contributed by atoms with Gasteiger partial charge in [0.05, 0.1) is 37.4 Å². The molecule has 3 saturated carbocycles. The molecule has 82 heavy (non-hydrogen) atoms. The normalized spacial score (nSPS) is 48.6. The van der Waals surface area contributed by atoms with Crippen molar-refractivity contribution in [1.82, 2.24) is 0 Å². The van der Waals surface area contributed by atoms with Crippen LogP contribution in [0.5, 0.6) is 0 Å². The smallest absolute Gasteiger partial charge is 0.314 e. The van der Waals surface area contributed by atoms with Crippen LogP contribution in [0.3, 0.4) is 0 Å². The van der Waals surface area contributed by atoms with Crippen molar-refractivity contribution in [2.45, 2.75) is 235 Å². The van der Waals surface area contributed by atoms with Crippen molar-refractivity contribution >= 4 is 32.6 Å². The van der Waals surface area contributed by atoms with Gasteiger partial charge in [0.15, 0.2) is 36.5 Å². The number of aliphatic hydroxyl groups is 7. The number of ether oxygens (including phenoxy) is 10. The third-order valence-corrected chi connectivity index (χ3v) is 21.3. The topological polar surface area (TPSA) is 401 Å². The zero-order chi connectivity index (χ0) is 60.2. The van der Waals surface area contributed by atoms with Crippen LogP contribution in [0.2, 0.25) is 0 Å². The molecule has 4 aliphatic carbocycles. The molecule has 5 saturated heterocycles. The number of rotatable bonds is 18. The Morgan fingerprint density at radius 3 is 1.99 bits per heavy atom. The molecule has 8 fully saturated rings. The van der Waals surface area contributed by atoms with E-state index in [1.54, 1.807) is 6.92 Å². The standard InChI is InChI=1S/C53H84O27S2/c1-23(2)10-13-32(56)52(8)31-15-18-51(7)26-11-12-30-49(4,5)33(16-17-50(30,6)25(26)14-19-53(31,51)48(62)78-52)74-47-43(35(58)29(22-71-47)79-81(63,64)65)77-45-38(61)42(80-82(66,67)68)39(24(3)72-45)75-44-36(59)40(27(55)21-70-44)76-46-37(60)41(69-9)34(57)28(20-54)73-46/h11,23-25,27-31,33-47,54-55,57-61H,10,12-22H2,1-9H3,(H,63,64,65)(H,66,67,68)/p-2/t24-,25-,27-,28-,29-,30+,31-,33+,34-,35+,36-,37-,38-,39-,40+,41+,42-,43-,44+,45+,46+,47+,50-,51+,52-,53-/m1/s1. The lowest BCUT2D eigenvalue weighted by Gasteiger charge is -2.64. The van der Waals surface area contributed by atoms with E-state index < -0.39 is 179 Å². The maximum absolute atomic E-state index is 14.4. The fraction of sp³-hybridized carbons (Fsp3) is 0.925. The highest BCUT2D eigenvalue weighted by atomic mass is 32.3. The van der Waals surface area contributed by atoms with Crippen LogP contribution in [-0.2, 0) is 86.1 Å². The number of Topliss-reactive ketones (excluding diaryl/α,β-unsaturated/α-hetero) is 1. The Morgan fingerprint density at radius 2 is 1.34 bits per heavy atom. The van der Waals surface area contributed by atoms with Gasteiger partial charge in [0.1, 0.15) is 79.4 Å². The van der Waals surface area contributed by atoms with E-state index in [0.717, 1.165) is 13.5 Å². The Morgan fingerprint density at radius 1 is 0.720 bits per heavy atom. The van der Waals surface area contributed by atoms with Crippen LogP contribution in [-0.4, -0.2) is 223 Å². The first-order chi connectivity index (χ1) is 38.2. The molecular weight excluding hydrogens is 1130 g/mol. The summed E-state index contributed by atoms with van der Waals surface area (Å²) in [4.78, 5) is 28.3. The number of aliphatic hydroxyl groups excluding tert-OH is 7. The van der Waals surface area contributed by atoms with E-state index in [2.05, 4.69) is 38.0 Å². The molecule has 29 heteroatoms. The number of carbonyl (C=O) groups is 2. The molecular formula is C53H82O27S2-2. The molecule has 27 nitrogen and oxygen atoms in total. The van der Waals surface area contributed by atoms with Crippen LogP contribution < -0.4 is 0 Å². The largest absolute Gasteiger partial charge is 0.726 e. The van der Waals surface area contributed by atoms with E-state index in [-0.39, 0.29) is 34.9 Å². The predicted octanol–water partition coefficient (Wildman–Crippen LogP) is -0.521. The number of carbonyl (C=O) groups excluding carboxylic acids is 2. The van der Waals surface area contributed by atoms with Crippen LogP contribution in [0.15, 0.2) is 11.6 Å². The maximum atomic E-state index is 14.4. The lowest BCUT2D eigenvalue weighted by Crippen LogP contribution is -2.66. The van der Waals surface area contributed by atoms with E-state index in [1.165, 1.54) is 12.5 Å². The van der Waals surface area contributed by atoms with Gasteiger partial charge in [-0.05, 0) is 93.8 Å². The van der Waals surface area contributed by atoms with Gasteiger partial charge in [-0.2, -0.15) is 0 Å². The van der Waals surface area contributed by atoms with Crippen LogP contribution in [0.4, 0.5) is 0 Å². The molecule has 0 unspecified atom stereocenters. The average Bonchev–Trinajstić information content (AvgIpc) is 2.39. The van der Waals surface area contributed by atoms with Gasteiger partial charge in [0, 0.05) is 24.9 Å². The summed E-state index contributed by atoms with van der Waals surface area (Å²) in [6.07, 6.45) is -25.7. The Labute approximate surface area is 477 Å². The first kappa shape index (κ1) is 64.5. The second-order valence-corrected chi connectivity index (χ2v) is 27.7. The number of allylic oxidation sites excluding steroid dienone is 2. The quantitative estimate of drug-likeness (QED) is 0.0393. The van der Waals surface area contributed by atoms with Gasteiger partial charge >= 0.3 is 5.97 Å². The summed E-state index contributed by atoms with van der Waals surface area (Å²) in [5, 5.41) is 77.1. The van der Waals surface area contributed by atoms with Gasteiger partial charge in [0.2, 0.25) is 20.8 Å². The van der Waals surface area contributed by atoms with E-state index >= 15 is 0 Å². The Hall–Kier alpha value is -2.02. The summed E-state index contributed by atoms with van der Waals surface area (Å²) in [7, 11) is -10.1. The highest BCUT2D eigenvalue weighted by Gasteiger charge is 2.77. The van der Waals surface area contributed by atoms with Crippen LogP contribution in [0.25, 0.3) is 0 Å². The molecule has 9 aliphatic rings. The fourth-order valence-corrected chi connectivity index (χ4v) is 17.0. The minimum Gasteiger partial charge on any atom is -0.726 e. The highest BCUT2D eigenvalue weighted by Crippen LogP contribution is 2.76. The summed E-state index contributed by atoms with van der Waals surface area (Å²) < 4.78 is 141. The molecule has 0 bridgehead atoms. The molecule has 9 rings (SSSR count). The van der Waals surface area contributed by atoms with Crippen molar-refractivity contribution in [1.29, 1.82) is 0 Å². The Balaban J connectivity index is 0.929. The molecule has 0 aromatic rings. The number of methoxy groups -OCH3 is 1. The minimum absolute atomic E-state index is 0.0349. The molecule has 5 aliphatic heterocycles. The first-order valence-corrected chi connectivity index (χ1v) is 31.0. The third-order valence-electron chi connectivity index (χ3n) is 20.4. The van der Waals surface area contributed by atoms with Gasteiger partial charge in [0.25, 0.3) is 0 Å². The summed E-state index contributed by atoms with van der Waals surface area (Å²) in [6.45, 7) is 13.6. The van der Waals surface area contributed by atoms with Crippen LogP contribution >= 0.6 is 0 Å². The molecule has 1 spiro atoms. The molecule has 0 amide bonds. The predicted molar refractivity (Wildman–Crippen MR) is 272 cm³/mol. The second-order valence-electron chi connectivity index (χ2n) is 25.6. The van der Waals surface area contributed by atoms with Crippen molar-refractivity contribution in [3.8, 4) is 0 Å². The van der Waals surface area contributed by atoms with Gasteiger partial charge in [-0.3, -0.25) is 18.0 Å². The summed E-state index contributed by atoms with van der Waals surface area (Å²) in [6, 6.07) is 0. The average molecular weight is 1220 g/mol. The van der Waals surface area contributed by atoms with E-state index in [1.807, 2.05) is 13.8 Å². The van der Waals surface area contributed by atoms with E-state index in [9.17, 15) is 71.3 Å². The molecule has 0 aromatic heterocycles. The molecule has 5 heterocycles. The zero-order valence-electron chi connectivity index (χ0n) is 47.5. The summed E-state index contributed by atoms with van der Waals surface area (Å²) in [5.74, 6) is -0.280. The van der Waals surface area contributed by atoms with Crippen LogP contribution in [0, 0.1) is 45.3 Å². The lowest BCUT2D eigenvalue weighted by molar-refractivity contribution is -0.380. The number of hydrogen-bond donors (Lipinski definition) is 7. The molecule has 26 atom stereocenters. The Bertz CT molecular complexity index is 2590. The van der Waals surface area contributed by atoms with Crippen molar-refractivity contribution in [2.24, 2.45) is 45.3 Å². The van der Waals surface area contributed by atoms with Gasteiger partial charge in [-0.15, -0.1) is 0 Å². The molecule has 7 N–H and O–H groups in total. The molecule has 0 radical (unpaired) electrons. The Kier molecular flexibility index (Phi) is 18.5. The minimum atomic E-state index is -5.74. The SMILES string of the molecule is CO[C@@H]1[C@@H](O)[C@H](O[C@@H]2[C@@H](O)[C@H](O[C@H]3[C@H](OS(=O)(=O)[O-])[C@@H](O)[C@H](O[C@H]4[C@H](O[C@H]5CC[C@]6(C)[C@@H]7CC[C@]89C(=O)O[C@@](C)(C(=O)CCC(C)C)[C@H]8CC[C@@]9(C)C7=CC[C@H]6C5(C)C)OC[C@@H](OS(=O)(=O)[O-])[C@@H]4O)O[C@@H]3C)OC[C@H]2O)O[C@H](CO)[C@H]1O. The number of fused-ring (bicyclic) bond motifs is 4. The lowest BCUT2D eigenvalue weighted by atomic mass is 9.40. The van der Waals surface area contributed by atoms with Gasteiger partial charge in [-0.25, -0.2) is 16.8 Å². The van der Waals surface area contributed by atoms with E-state index in [4.69, 9.17) is 51.6 Å². The van der Waals surface area contributed by atoms with Crippen LogP contribution in [0.1, 0.15) is 113 Å². The van der Waals surface area contributed by atoms with Crippen molar-refractivity contribution in [2.75, 3.05) is 26.9 Å². The second kappa shape index (κ2) is 23.5. The van der Waals surface area contributed by atoms with Crippen molar-refractivity contribution < 1.29 is 127 Å². The van der Waals surface area contributed by atoms with Gasteiger partial charge < -0.3 is 92.2 Å². The number of esters is 1. The maximum Gasteiger partial charge on any atom is 0.314 e. The third kappa shape index (κ3) is 11.3. The molecule has 470 valence electrons. The zero-order valence-corrected chi connectivity index (χ0v) is 49.1. The van der Waals surface area contributed by atoms with Gasteiger partial charge in [-0.1, -0.05) is 53.2 Å². The summed E-state index contributed by atoms with van der Waals surface area (Å²) >= 11 is 0. The highest BCUT2D eigenvalue weighted by molar-refractivity contribution is 7.81. The van der Waals surface area contributed by atoms with Crippen molar-refractivity contribution in [3.05, 3.63) is 11.6 Å². The monoisotopic (exact) mass is 1210 g/mol. The first-order valence-electron chi connectivity index (χ1n) is 28.3. The fourth-order valence-electron chi connectivity index (χ4n) is 16.1.